The summed E-state index contributed by atoms with van der Waals surface area (Å²) >= 11 is 0. The zero-order valence-electron chi connectivity index (χ0n) is 22.3. The van der Waals surface area contributed by atoms with Crippen molar-refractivity contribution in [1.82, 2.24) is 5.01 Å². The van der Waals surface area contributed by atoms with Crippen LogP contribution in [0.25, 0.3) is 0 Å². The molecule has 6 heteroatoms. The van der Waals surface area contributed by atoms with Crippen molar-refractivity contribution in [3.63, 3.8) is 0 Å². The molecule has 0 fully saturated rings. The molecule has 0 unspecified atom stereocenters. The van der Waals surface area contributed by atoms with E-state index in [9.17, 15) is 4.79 Å². The molecular formula is C30H38N4O2. The molecule has 0 aliphatic carbocycles. The highest BCUT2D eigenvalue weighted by Crippen LogP contribution is 2.57. The number of amides is 1. The molecule has 0 aromatic heterocycles. The van der Waals surface area contributed by atoms with Gasteiger partial charge in [0.15, 0.2) is 0 Å². The summed E-state index contributed by atoms with van der Waals surface area (Å²) in [4.78, 5) is 17.9. The number of hydrogen-bond acceptors (Lipinski definition) is 5. The van der Waals surface area contributed by atoms with E-state index >= 15 is 0 Å². The van der Waals surface area contributed by atoms with Gasteiger partial charge < -0.3 is 14.5 Å². The minimum Gasteiger partial charge on any atom is -0.456 e. The van der Waals surface area contributed by atoms with Crippen molar-refractivity contribution in [1.29, 1.82) is 0 Å². The summed E-state index contributed by atoms with van der Waals surface area (Å²) in [5.74, 6) is 7.95. The Morgan fingerprint density at radius 2 is 1.22 bits per heavy atom. The van der Waals surface area contributed by atoms with Crippen molar-refractivity contribution in [2.45, 2.75) is 47.1 Å². The molecule has 190 valence electrons. The highest BCUT2D eigenvalue weighted by atomic mass is 16.5. The summed E-state index contributed by atoms with van der Waals surface area (Å²) in [6.07, 6.45) is 0. The van der Waals surface area contributed by atoms with Crippen molar-refractivity contribution in [3.05, 3.63) is 82.9 Å². The van der Waals surface area contributed by atoms with Crippen molar-refractivity contribution < 1.29 is 9.53 Å². The molecule has 0 atom stereocenters. The minimum absolute atomic E-state index is 0.185. The molecule has 36 heavy (non-hydrogen) atoms. The van der Waals surface area contributed by atoms with Gasteiger partial charge in [0, 0.05) is 71.9 Å². The SMILES string of the molecule is CC.CCN(CC)c1ccc2c(c1)Oc1cc(N(CC)CC)ccc1C21c2ccccc2C(=O)N1N. The third-order valence-corrected chi connectivity index (χ3v) is 7.31. The topological polar surface area (TPSA) is 62.0 Å². The maximum Gasteiger partial charge on any atom is 0.269 e. The Labute approximate surface area is 215 Å². The molecule has 5 rings (SSSR count). The second-order valence-electron chi connectivity index (χ2n) is 8.74. The van der Waals surface area contributed by atoms with Crippen LogP contribution >= 0.6 is 0 Å². The third kappa shape index (κ3) is 3.63. The van der Waals surface area contributed by atoms with Crippen LogP contribution in [0.5, 0.6) is 11.5 Å². The third-order valence-electron chi connectivity index (χ3n) is 7.31. The van der Waals surface area contributed by atoms with Gasteiger partial charge in [-0.3, -0.25) is 9.80 Å². The fraction of sp³-hybridized carbons (Fsp3) is 0.367. The zero-order valence-corrected chi connectivity index (χ0v) is 22.3. The van der Waals surface area contributed by atoms with Crippen LogP contribution < -0.4 is 20.4 Å². The van der Waals surface area contributed by atoms with E-state index in [1.807, 2.05) is 38.1 Å². The number of fused-ring (bicyclic) bond motifs is 6. The summed E-state index contributed by atoms with van der Waals surface area (Å²) in [5, 5.41) is 1.39. The lowest BCUT2D eigenvalue weighted by Crippen LogP contribution is -2.51. The van der Waals surface area contributed by atoms with Crippen LogP contribution in [0.2, 0.25) is 0 Å². The van der Waals surface area contributed by atoms with Gasteiger partial charge in [0.1, 0.15) is 17.0 Å². The van der Waals surface area contributed by atoms with Crippen molar-refractivity contribution in [2.24, 2.45) is 5.84 Å². The van der Waals surface area contributed by atoms with Crippen LogP contribution in [-0.4, -0.2) is 37.1 Å². The van der Waals surface area contributed by atoms with Crippen LogP contribution in [-0.2, 0) is 5.54 Å². The van der Waals surface area contributed by atoms with E-state index < -0.39 is 5.54 Å². The van der Waals surface area contributed by atoms with E-state index in [0.717, 1.165) is 65.7 Å². The molecule has 0 saturated carbocycles. The fourth-order valence-corrected chi connectivity index (χ4v) is 5.57. The van der Waals surface area contributed by atoms with E-state index in [1.165, 1.54) is 5.01 Å². The molecule has 1 amide bonds. The van der Waals surface area contributed by atoms with Gasteiger partial charge in [0.05, 0.1) is 0 Å². The second-order valence-corrected chi connectivity index (χ2v) is 8.74. The number of ether oxygens (including phenoxy) is 1. The number of carbonyl (C=O) groups excluding carboxylic acids is 1. The van der Waals surface area contributed by atoms with Gasteiger partial charge >= 0.3 is 0 Å². The lowest BCUT2D eigenvalue weighted by Gasteiger charge is -2.42. The number of anilines is 2. The summed E-state index contributed by atoms with van der Waals surface area (Å²) in [6, 6.07) is 20.2. The molecule has 0 radical (unpaired) electrons. The first-order chi connectivity index (χ1) is 17.5. The summed E-state index contributed by atoms with van der Waals surface area (Å²) in [5.41, 5.74) is 4.51. The summed E-state index contributed by atoms with van der Waals surface area (Å²) < 4.78 is 6.58. The zero-order chi connectivity index (χ0) is 26.0. The number of nitrogens with two attached hydrogens (primary N) is 1. The van der Waals surface area contributed by atoms with Gasteiger partial charge in [-0.1, -0.05) is 44.2 Å². The maximum atomic E-state index is 13.4. The molecule has 0 saturated heterocycles. The summed E-state index contributed by atoms with van der Waals surface area (Å²) in [6.45, 7) is 16.2. The van der Waals surface area contributed by atoms with Gasteiger partial charge in [0.2, 0.25) is 0 Å². The van der Waals surface area contributed by atoms with Crippen LogP contribution in [0.15, 0.2) is 60.7 Å². The molecule has 2 heterocycles. The molecule has 0 bridgehead atoms. The number of hydrazine groups is 1. The Kier molecular flexibility index (Phi) is 7.27. The quantitative estimate of drug-likeness (QED) is 0.335. The number of benzene rings is 3. The average molecular weight is 487 g/mol. The lowest BCUT2D eigenvalue weighted by molar-refractivity contribution is 0.0665. The predicted octanol–water partition coefficient (Wildman–Crippen LogP) is 6.13. The van der Waals surface area contributed by atoms with Crippen LogP contribution in [0, 0.1) is 0 Å². The van der Waals surface area contributed by atoms with Gasteiger partial charge in [-0.25, -0.2) is 5.84 Å². The largest absolute Gasteiger partial charge is 0.456 e. The molecule has 6 nitrogen and oxygen atoms in total. The Morgan fingerprint density at radius 1 is 0.750 bits per heavy atom. The average Bonchev–Trinajstić information content (AvgIpc) is 3.14. The number of carbonyl (C=O) groups is 1. The Morgan fingerprint density at radius 3 is 1.69 bits per heavy atom. The fourth-order valence-electron chi connectivity index (χ4n) is 5.57. The molecule has 2 N–H and O–H groups in total. The summed E-state index contributed by atoms with van der Waals surface area (Å²) in [7, 11) is 0. The van der Waals surface area contributed by atoms with E-state index in [0.29, 0.717) is 5.56 Å². The maximum absolute atomic E-state index is 13.4. The first-order valence-corrected chi connectivity index (χ1v) is 13.2. The van der Waals surface area contributed by atoms with E-state index in [2.05, 4.69) is 73.9 Å². The van der Waals surface area contributed by atoms with Crippen molar-refractivity contribution in [2.75, 3.05) is 36.0 Å². The van der Waals surface area contributed by atoms with Crippen LogP contribution in [0.4, 0.5) is 11.4 Å². The highest BCUT2D eigenvalue weighted by molar-refractivity contribution is 6.02. The highest BCUT2D eigenvalue weighted by Gasteiger charge is 2.55. The van der Waals surface area contributed by atoms with Gasteiger partial charge in [-0.05, 0) is 45.9 Å². The number of rotatable bonds is 6. The Balaban J connectivity index is 0.00000148. The monoisotopic (exact) mass is 486 g/mol. The number of nitrogens with zero attached hydrogens (tertiary/aromatic N) is 3. The van der Waals surface area contributed by atoms with Crippen LogP contribution in [0.3, 0.4) is 0 Å². The molecule has 2 aliphatic rings. The molecule has 1 spiro atoms. The van der Waals surface area contributed by atoms with Crippen molar-refractivity contribution in [3.8, 4) is 11.5 Å². The van der Waals surface area contributed by atoms with E-state index in [4.69, 9.17) is 10.6 Å². The first kappa shape index (κ1) is 25.6. The second kappa shape index (κ2) is 10.2. The lowest BCUT2D eigenvalue weighted by atomic mass is 9.75. The smallest absolute Gasteiger partial charge is 0.269 e. The molecule has 2 aliphatic heterocycles. The first-order valence-electron chi connectivity index (χ1n) is 13.2. The Bertz CT molecular complexity index is 1190. The van der Waals surface area contributed by atoms with Crippen LogP contribution in [0.1, 0.15) is 68.6 Å². The van der Waals surface area contributed by atoms with Crippen molar-refractivity contribution >= 4 is 17.3 Å². The minimum atomic E-state index is -0.944. The van der Waals surface area contributed by atoms with Gasteiger partial charge in [-0.15, -0.1) is 0 Å². The molecule has 3 aromatic carbocycles. The van der Waals surface area contributed by atoms with E-state index in [1.54, 1.807) is 0 Å². The molecular weight excluding hydrogens is 448 g/mol. The Hall–Kier alpha value is -3.51. The van der Waals surface area contributed by atoms with Gasteiger partial charge in [-0.2, -0.15) is 0 Å². The van der Waals surface area contributed by atoms with Gasteiger partial charge in [0.25, 0.3) is 5.91 Å². The normalized spacial score (nSPS) is 14.3. The molecule has 3 aromatic rings. The standard InChI is InChI=1S/C28H32N4O2.C2H6/c1-5-30(6-2)19-13-15-23-25(17-19)34-26-18-20(31(7-3)8-4)14-16-24(26)28(23)22-12-10-9-11-21(22)27(33)32(28)29;1-2/h9-18H,5-8,29H2,1-4H3;1-2H3. The predicted molar refractivity (Wildman–Crippen MR) is 148 cm³/mol. The number of hydrogen-bond donors (Lipinski definition) is 1. The van der Waals surface area contributed by atoms with E-state index in [-0.39, 0.29) is 5.91 Å².